The third kappa shape index (κ3) is 8.61. The molecule has 4 aromatic carbocycles. The van der Waals surface area contributed by atoms with Crippen LogP contribution >= 0.6 is 0 Å². The molecule has 58 heavy (non-hydrogen) atoms. The average Bonchev–Trinajstić information content (AvgIpc) is 3.25. The number of likely N-dealkylation sites (tertiary alicyclic amines) is 2. The van der Waals surface area contributed by atoms with Crippen molar-refractivity contribution in [3.8, 4) is 11.5 Å². The molecule has 1 aromatic heterocycles. The Kier molecular flexibility index (Phi) is 11.9. The summed E-state index contributed by atoms with van der Waals surface area (Å²) < 4.78 is 5.85. The van der Waals surface area contributed by atoms with Gasteiger partial charge in [0.25, 0.3) is 11.8 Å². The molecule has 0 bridgehead atoms. The van der Waals surface area contributed by atoms with Gasteiger partial charge in [-0.15, -0.1) is 0 Å². The Labute approximate surface area is 335 Å². The number of benzene rings is 4. The number of aromatic nitrogens is 1. The van der Waals surface area contributed by atoms with Gasteiger partial charge >= 0.3 is 5.97 Å². The number of aliphatic hydroxyl groups is 2. The number of carboxylic acid groups (broad SMARTS) is 1. The van der Waals surface area contributed by atoms with Gasteiger partial charge in [-0.2, -0.15) is 0 Å². The van der Waals surface area contributed by atoms with Crippen LogP contribution in [0.25, 0.3) is 10.9 Å². The summed E-state index contributed by atoms with van der Waals surface area (Å²) in [5.74, 6) is -1.39. The molecule has 2 saturated heterocycles. The van der Waals surface area contributed by atoms with Crippen LogP contribution in [0.2, 0.25) is 0 Å². The summed E-state index contributed by atoms with van der Waals surface area (Å²) in [6.45, 7) is 3.03. The molecule has 13 nitrogen and oxygen atoms in total. The number of phenols is 1. The van der Waals surface area contributed by atoms with Crippen LogP contribution in [-0.4, -0.2) is 98.9 Å². The lowest BCUT2D eigenvalue weighted by molar-refractivity contribution is -0.155. The number of amides is 2. The summed E-state index contributed by atoms with van der Waals surface area (Å²) in [4.78, 5) is 57.2. The number of fused-ring (bicyclic) bond motifs is 1. The topological polar surface area (TPSA) is 193 Å². The highest BCUT2D eigenvalue weighted by molar-refractivity contribution is 5.94. The number of rotatable bonds is 13. The Morgan fingerprint density at radius 1 is 0.862 bits per heavy atom. The summed E-state index contributed by atoms with van der Waals surface area (Å²) in [5, 5.41) is 46.0. The van der Waals surface area contributed by atoms with Crippen molar-refractivity contribution in [3.63, 3.8) is 0 Å². The van der Waals surface area contributed by atoms with Crippen molar-refractivity contribution in [1.82, 2.24) is 20.1 Å². The molecule has 0 unspecified atom stereocenters. The first-order valence-electron chi connectivity index (χ1n) is 19.6. The van der Waals surface area contributed by atoms with Crippen LogP contribution < -0.4 is 15.6 Å². The molecule has 2 fully saturated rings. The lowest BCUT2D eigenvalue weighted by atomic mass is 9.72. The molecule has 2 aliphatic heterocycles. The summed E-state index contributed by atoms with van der Waals surface area (Å²) in [6.07, 6.45) is 3.23. The molecular formula is C45H48N4O9. The van der Waals surface area contributed by atoms with Gasteiger partial charge in [0, 0.05) is 55.3 Å². The number of nitrogens with zero attached hydrogens (tertiary/aromatic N) is 2. The molecule has 2 atom stereocenters. The number of nitrogens with one attached hydrogen (secondary N) is 2. The van der Waals surface area contributed by atoms with E-state index in [-0.39, 0.29) is 58.6 Å². The maximum Gasteiger partial charge on any atom is 0.345 e. The lowest BCUT2D eigenvalue weighted by Crippen LogP contribution is -2.52. The summed E-state index contributed by atoms with van der Waals surface area (Å²) in [7, 11) is 0. The van der Waals surface area contributed by atoms with E-state index in [4.69, 9.17) is 4.74 Å². The maximum atomic E-state index is 13.5. The molecule has 2 aliphatic rings. The number of carbonyl (C=O) groups excluding carboxylic acids is 2. The minimum Gasteiger partial charge on any atom is -0.506 e. The number of ether oxygens (including phenoxy) is 1. The fourth-order valence-electron chi connectivity index (χ4n) is 8.28. The minimum atomic E-state index is -2.28. The van der Waals surface area contributed by atoms with Crippen molar-refractivity contribution in [2.45, 2.75) is 43.8 Å². The van der Waals surface area contributed by atoms with Crippen LogP contribution in [0.15, 0.2) is 108 Å². The number of hydrogen-bond acceptors (Lipinski definition) is 9. The molecule has 3 heterocycles. The van der Waals surface area contributed by atoms with Crippen LogP contribution in [0.1, 0.15) is 64.4 Å². The van der Waals surface area contributed by atoms with Gasteiger partial charge in [-0.05, 0) is 97.2 Å². The molecule has 0 aliphatic carbocycles. The highest BCUT2D eigenvalue weighted by atomic mass is 16.5. The number of carboxylic acids is 1. The number of aromatic amines is 1. The van der Waals surface area contributed by atoms with Crippen LogP contribution in [0.4, 0.5) is 0 Å². The average molecular weight is 789 g/mol. The Morgan fingerprint density at radius 2 is 1.60 bits per heavy atom. The summed E-state index contributed by atoms with van der Waals surface area (Å²) in [5.41, 5.74) is 0.175. The van der Waals surface area contributed by atoms with Gasteiger partial charge in [0.15, 0.2) is 6.61 Å². The second kappa shape index (κ2) is 17.2. The lowest BCUT2D eigenvalue weighted by Gasteiger charge is -2.47. The molecule has 0 saturated carbocycles. The standard InChI is InChI=1S/C45H48N4O9/c50-37-16-14-35(36-15-17-39(52)47-41(36)37)38(51)27-46-22-18-30-10-12-31(13-11-30)42(54)48-24-20-44(21-25-48)19-5-23-49(29-44)40(53)28-58-34-9-4-8-33(26-34)45(57,43(55)56)32-6-2-1-3-7-32/h1-4,6-17,26,38,46,50-51,57H,5,18-25,27-29H2,(H,47,52)(H,55,56)/t38-,45-/m0/s1. The van der Waals surface area contributed by atoms with E-state index in [1.807, 2.05) is 34.1 Å². The molecule has 1 spiro atoms. The third-order valence-electron chi connectivity index (χ3n) is 11.6. The van der Waals surface area contributed by atoms with Crippen molar-refractivity contribution in [2.24, 2.45) is 5.41 Å². The van der Waals surface area contributed by atoms with E-state index in [2.05, 4.69) is 10.3 Å². The Bertz CT molecular complexity index is 2320. The van der Waals surface area contributed by atoms with Gasteiger partial charge in [-0.1, -0.05) is 60.7 Å². The second-order valence-corrected chi connectivity index (χ2v) is 15.4. The Hall–Kier alpha value is -6.02. The normalized spacial score (nSPS) is 16.8. The number of piperidine rings is 2. The highest BCUT2D eigenvalue weighted by Crippen LogP contribution is 2.40. The van der Waals surface area contributed by atoms with Crippen molar-refractivity contribution in [1.29, 1.82) is 0 Å². The van der Waals surface area contributed by atoms with Crippen molar-refractivity contribution in [3.05, 3.63) is 141 Å². The second-order valence-electron chi connectivity index (χ2n) is 15.4. The van der Waals surface area contributed by atoms with E-state index >= 15 is 0 Å². The molecule has 5 aromatic rings. The number of carbonyl (C=O) groups is 3. The smallest absolute Gasteiger partial charge is 0.345 e. The number of pyridine rings is 1. The van der Waals surface area contributed by atoms with E-state index in [9.17, 15) is 39.6 Å². The zero-order chi connectivity index (χ0) is 40.9. The van der Waals surface area contributed by atoms with Gasteiger partial charge in [0.2, 0.25) is 11.2 Å². The van der Waals surface area contributed by atoms with Crippen molar-refractivity contribution >= 4 is 28.7 Å². The first-order chi connectivity index (χ1) is 28.0. The number of hydrogen-bond donors (Lipinski definition) is 6. The van der Waals surface area contributed by atoms with E-state index in [0.29, 0.717) is 61.2 Å². The monoisotopic (exact) mass is 788 g/mol. The Morgan fingerprint density at radius 3 is 2.34 bits per heavy atom. The number of aliphatic carboxylic acids is 1. The van der Waals surface area contributed by atoms with Gasteiger partial charge < -0.3 is 45.3 Å². The first-order valence-corrected chi connectivity index (χ1v) is 19.6. The fraction of sp³-hybridized carbons (Fsp3) is 0.333. The summed E-state index contributed by atoms with van der Waals surface area (Å²) >= 11 is 0. The van der Waals surface area contributed by atoms with Gasteiger partial charge in [0.1, 0.15) is 11.5 Å². The molecular weight excluding hydrogens is 741 g/mol. The fourth-order valence-corrected chi connectivity index (χ4v) is 8.28. The predicted molar refractivity (Wildman–Crippen MR) is 217 cm³/mol. The Balaban J connectivity index is 0.867. The van der Waals surface area contributed by atoms with Crippen LogP contribution in [-0.2, 0) is 21.6 Å². The van der Waals surface area contributed by atoms with E-state index in [0.717, 1.165) is 31.2 Å². The highest BCUT2D eigenvalue weighted by Gasteiger charge is 2.42. The van der Waals surface area contributed by atoms with Gasteiger partial charge in [0.05, 0.1) is 11.6 Å². The van der Waals surface area contributed by atoms with Crippen molar-refractivity contribution in [2.75, 3.05) is 45.9 Å². The molecule has 6 N–H and O–H groups in total. The molecule has 13 heteroatoms. The largest absolute Gasteiger partial charge is 0.506 e. The van der Waals surface area contributed by atoms with Gasteiger partial charge in [-0.25, -0.2) is 4.79 Å². The van der Waals surface area contributed by atoms with E-state index in [1.54, 1.807) is 54.6 Å². The quantitative estimate of drug-likeness (QED) is 0.0936. The molecule has 2 amide bonds. The number of H-pyrrole nitrogens is 1. The zero-order valence-corrected chi connectivity index (χ0v) is 32.1. The number of aromatic hydroxyl groups is 1. The van der Waals surface area contributed by atoms with E-state index in [1.165, 1.54) is 24.3 Å². The van der Waals surface area contributed by atoms with E-state index < -0.39 is 17.7 Å². The first kappa shape index (κ1) is 40.2. The number of phenolic OH excluding ortho intramolecular Hbond substituents is 1. The maximum absolute atomic E-state index is 13.5. The van der Waals surface area contributed by atoms with Crippen LogP contribution in [0, 0.1) is 5.41 Å². The van der Waals surface area contributed by atoms with Crippen molar-refractivity contribution < 1.29 is 39.5 Å². The summed E-state index contributed by atoms with van der Waals surface area (Å²) in [6, 6.07) is 28.0. The number of aliphatic hydroxyl groups excluding tert-OH is 1. The van der Waals surface area contributed by atoms with Crippen LogP contribution in [0.5, 0.6) is 11.5 Å². The van der Waals surface area contributed by atoms with Gasteiger partial charge in [-0.3, -0.25) is 14.4 Å². The molecule has 302 valence electrons. The minimum absolute atomic E-state index is 0.0217. The predicted octanol–water partition coefficient (Wildman–Crippen LogP) is 4.34. The third-order valence-corrected chi connectivity index (χ3v) is 11.6. The molecule has 7 rings (SSSR count). The SMILES string of the molecule is O=C(COc1cccc([C@](O)(C(=O)O)c2ccccc2)c1)N1CCCC2(CCN(C(=O)c3ccc(CCNC[C@H](O)c4ccc(O)c5[nH]c(=O)ccc45)cc3)CC2)C1. The molecule has 0 radical (unpaired) electrons. The van der Waals surface area contributed by atoms with Crippen LogP contribution in [0.3, 0.4) is 0 Å². The zero-order valence-electron chi connectivity index (χ0n) is 32.1.